The van der Waals surface area contributed by atoms with Crippen molar-refractivity contribution in [3.05, 3.63) is 52.9 Å². The summed E-state index contributed by atoms with van der Waals surface area (Å²) in [6.07, 6.45) is 4.21. The number of nitrogens with one attached hydrogen (secondary N) is 2. The van der Waals surface area contributed by atoms with Crippen LogP contribution < -0.4 is 5.32 Å². The second-order valence-corrected chi connectivity index (χ2v) is 5.20. The number of H-pyrrole nitrogens is 1. The first-order valence-corrected chi connectivity index (χ1v) is 7.05. The quantitative estimate of drug-likeness (QED) is 0.778. The van der Waals surface area contributed by atoms with Gasteiger partial charge in [-0.15, -0.1) is 0 Å². The minimum Gasteiger partial charge on any atom is -0.361 e. The molecule has 2 aromatic heterocycles. The molecule has 1 aromatic carbocycles. The smallest absolute Gasteiger partial charge is 0.256 e. The lowest BCUT2D eigenvalue weighted by molar-refractivity contribution is 0.0954. The third-order valence-electron chi connectivity index (χ3n) is 3.47. The summed E-state index contributed by atoms with van der Waals surface area (Å²) in [5.41, 5.74) is 2.69. The van der Waals surface area contributed by atoms with Crippen molar-refractivity contribution >= 4 is 28.4 Å². The van der Waals surface area contributed by atoms with Gasteiger partial charge < -0.3 is 10.3 Å². The lowest BCUT2D eigenvalue weighted by atomic mass is 10.1. The van der Waals surface area contributed by atoms with E-state index >= 15 is 0 Å². The molecule has 0 aliphatic rings. The Morgan fingerprint density at radius 1 is 1.43 bits per heavy atom. The largest absolute Gasteiger partial charge is 0.361 e. The van der Waals surface area contributed by atoms with Gasteiger partial charge in [0.2, 0.25) is 0 Å². The standard InChI is InChI=1S/C15H15ClN4O/c1-20-14(16)12(9-19-20)15(21)17-7-6-10-8-18-13-5-3-2-4-11(10)13/h2-5,8-9,18H,6-7H2,1H3,(H,17,21). The topological polar surface area (TPSA) is 62.7 Å². The summed E-state index contributed by atoms with van der Waals surface area (Å²) < 4.78 is 1.47. The number of aromatic amines is 1. The van der Waals surface area contributed by atoms with Crippen LogP contribution in [-0.2, 0) is 13.5 Å². The van der Waals surface area contributed by atoms with Crippen molar-refractivity contribution in [1.82, 2.24) is 20.1 Å². The van der Waals surface area contributed by atoms with E-state index in [2.05, 4.69) is 21.5 Å². The van der Waals surface area contributed by atoms with Crippen molar-refractivity contribution in [3.8, 4) is 0 Å². The van der Waals surface area contributed by atoms with Crippen LogP contribution in [0.2, 0.25) is 5.15 Å². The zero-order valence-corrected chi connectivity index (χ0v) is 12.3. The third-order valence-corrected chi connectivity index (χ3v) is 3.91. The second-order valence-electron chi connectivity index (χ2n) is 4.84. The van der Waals surface area contributed by atoms with Gasteiger partial charge in [-0.3, -0.25) is 9.48 Å². The normalized spacial score (nSPS) is 11.0. The van der Waals surface area contributed by atoms with E-state index in [-0.39, 0.29) is 5.91 Å². The molecule has 108 valence electrons. The van der Waals surface area contributed by atoms with Gasteiger partial charge >= 0.3 is 0 Å². The number of amides is 1. The number of aryl methyl sites for hydroxylation is 1. The maximum atomic E-state index is 12.0. The molecule has 3 aromatic rings. The Hall–Kier alpha value is -2.27. The molecule has 0 aliphatic heterocycles. The summed E-state index contributed by atoms with van der Waals surface area (Å²) in [6, 6.07) is 8.11. The van der Waals surface area contributed by atoms with Gasteiger partial charge in [0.1, 0.15) is 5.15 Å². The molecule has 21 heavy (non-hydrogen) atoms. The van der Waals surface area contributed by atoms with E-state index in [0.29, 0.717) is 17.3 Å². The Labute approximate surface area is 126 Å². The monoisotopic (exact) mass is 302 g/mol. The van der Waals surface area contributed by atoms with Crippen LogP contribution in [0, 0.1) is 0 Å². The Bertz CT molecular complexity index is 790. The number of hydrogen-bond donors (Lipinski definition) is 2. The molecule has 0 unspecified atom stereocenters. The maximum Gasteiger partial charge on any atom is 0.256 e. The molecular weight excluding hydrogens is 288 g/mol. The number of carbonyl (C=O) groups is 1. The predicted molar refractivity (Wildman–Crippen MR) is 82.6 cm³/mol. The van der Waals surface area contributed by atoms with Gasteiger partial charge in [-0.2, -0.15) is 5.10 Å². The molecule has 6 heteroatoms. The molecule has 3 rings (SSSR count). The fraction of sp³-hybridized carbons (Fsp3) is 0.200. The number of aromatic nitrogens is 3. The van der Waals surface area contributed by atoms with E-state index in [0.717, 1.165) is 11.9 Å². The summed E-state index contributed by atoms with van der Waals surface area (Å²) in [5, 5.41) is 8.35. The first kappa shape index (κ1) is 13.7. The molecule has 0 atom stereocenters. The first-order chi connectivity index (χ1) is 10.2. The van der Waals surface area contributed by atoms with E-state index in [1.165, 1.54) is 21.8 Å². The Morgan fingerprint density at radius 3 is 3.00 bits per heavy atom. The summed E-state index contributed by atoms with van der Waals surface area (Å²) >= 11 is 5.99. The van der Waals surface area contributed by atoms with Gasteiger partial charge in [0, 0.05) is 30.7 Å². The van der Waals surface area contributed by atoms with Crippen LogP contribution in [0.15, 0.2) is 36.7 Å². The molecule has 0 fully saturated rings. The average molecular weight is 303 g/mol. The molecule has 1 amide bonds. The van der Waals surface area contributed by atoms with Gasteiger partial charge in [0.05, 0.1) is 11.8 Å². The highest BCUT2D eigenvalue weighted by Gasteiger charge is 2.14. The Morgan fingerprint density at radius 2 is 2.24 bits per heavy atom. The van der Waals surface area contributed by atoms with Crippen molar-refractivity contribution in [2.45, 2.75) is 6.42 Å². The van der Waals surface area contributed by atoms with Gasteiger partial charge in [0.15, 0.2) is 0 Å². The molecule has 0 saturated carbocycles. The average Bonchev–Trinajstić information content (AvgIpc) is 3.04. The highest BCUT2D eigenvalue weighted by molar-refractivity contribution is 6.32. The first-order valence-electron chi connectivity index (χ1n) is 6.67. The highest BCUT2D eigenvalue weighted by atomic mass is 35.5. The van der Waals surface area contributed by atoms with Crippen molar-refractivity contribution < 1.29 is 4.79 Å². The van der Waals surface area contributed by atoms with Crippen molar-refractivity contribution in [1.29, 1.82) is 0 Å². The van der Waals surface area contributed by atoms with E-state index in [9.17, 15) is 4.79 Å². The fourth-order valence-corrected chi connectivity index (χ4v) is 2.50. The van der Waals surface area contributed by atoms with E-state index in [1.54, 1.807) is 7.05 Å². The molecule has 0 aliphatic carbocycles. The number of carbonyl (C=O) groups excluding carboxylic acids is 1. The molecule has 2 heterocycles. The number of hydrogen-bond acceptors (Lipinski definition) is 2. The van der Waals surface area contributed by atoms with E-state index < -0.39 is 0 Å². The fourth-order valence-electron chi connectivity index (χ4n) is 2.32. The van der Waals surface area contributed by atoms with Gasteiger partial charge in [-0.1, -0.05) is 29.8 Å². The SMILES string of the molecule is Cn1ncc(C(=O)NCCc2c[nH]c3ccccc23)c1Cl. The molecule has 0 spiro atoms. The second kappa shape index (κ2) is 5.61. The highest BCUT2D eigenvalue weighted by Crippen LogP contribution is 2.18. The van der Waals surface area contributed by atoms with Gasteiger partial charge in [-0.25, -0.2) is 0 Å². The molecular formula is C15H15ClN4O. The summed E-state index contributed by atoms with van der Waals surface area (Å²) in [6.45, 7) is 0.548. The summed E-state index contributed by atoms with van der Waals surface area (Å²) in [4.78, 5) is 15.2. The minimum atomic E-state index is -0.201. The number of nitrogens with zero attached hydrogens (tertiary/aromatic N) is 2. The maximum absolute atomic E-state index is 12.0. The van der Waals surface area contributed by atoms with Crippen LogP contribution in [0.1, 0.15) is 15.9 Å². The van der Waals surface area contributed by atoms with Gasteiger partial charge in [0.25, 0.3) is 5.91 Å². The predicted octanol–water partition coefficient (Wildman–Crippen LogP) is 2.53. The van der Waals surface area contributed by atoms with Crippen LogP contribution in [0.3, 0.4) is 0 Å². The lowest BCUT2D eigenvalue weighted by Crippen LogP contribution is -2.25. The molecule has 0 bridgehead atoms. The Balaban J connectivity index is 1.64. The van der Waals surface area contributed by atoms with Crippen LogP contribution in [0.4, 0.5) is 0 Å². The van der Waals surface area contributed by atoms with E-state index in [1.807, 2.05) is 24.4 Å². The molecule has 0 saturated heterocycles. The van der Waals surface area contributed by atoms with Gasteiger partial charge in [-0.05, 0) is 18.1 Å². The minimum absolute atomic E-state index is 0.201. The van der Waals surface area contributed by atoms with Crippen LogP contribution >= 0.6 is 11.6 Å². The van der Waals surface area contributed by atoms with Crippen molar-refractivity contribution in [2.75, 3.05) is 6.54 Å². The van der Waals surface area contributed by atoms with Crippen LogP contribution in [0.25, 0.3) is 10.9 Å². The van der Waals surface area contributed by atoms with Crippen LogP contribution in [-0.4, -0.2) is 27.2 Å². The summed E-state index contributed by atoms with van der Waals surface area (Å²) in [5.74, 6) is -0.201. The molecule has 5 nitrogen and oxygen atoms in total. The summed E-state index contributed by atoms with van der Waals surface area (Å²) in [7, 11) is 1.70. The van der Waals surface area contributed by atoms with Crippen molar-refractivity contribution in [3.63, 3.8) is 0 Å². The number of rotatable bonds is 4. The third kappa shape index (κ3) is 2.64. The zero-order valence-electron chi connectivity index (χ0n) is 11.6. The number of halogens is 1. The Kier molecular flexibility index (Phi) is 3.66. The molecule has 0 radical (unpaired) electrons. The van der Waals surface area contributed by atoms with E-state index in [4.69, 9.17) is 11.6 Å². The zero-order chi connectivity index (χ0) is 14.8. The lowest BCUT2D eigenvalue weighted by Gasteiger charge is -2.04. The molecule has 2 N–H and O–H groups in total. The number of benzene rings is 1. The van der Waals surface area contributed by atoms with Crippen LogP contribution in [0.5, 0.6) is 0 Å². The number of para-hydroxylation sites is 1. The number of fused-ring (bicyclic) bond motifs is 1. The van der Waals surface area contributed by atoms with Crippen molar-refractivity contribution in [2.24, 2.45) is 7.05 Å².